The van der Waals surface area contributed by atoms with E-state index in [1.165, 1.54) is 11.3 Å². The molecule has 0 unspecified atom stereocenters. The van der Waals surface area contributed by atoms with E-state index in [2.05, 4.69) is 15.3 Å². The van der Waals surface area contributed by atoms with E-state index >= 15 is 0 Å². The normalized spacial score (nSPS) is 10.5. The molecule has 0 saturated heterocycles. The van der Waals surface area contributed by atoms with Gasteiger partial charge < -0.3 is 9.73 Å². The Balaban J connectivity index is 1.67. The topological polar surface area (TPSA) is 68.0 Å². The Bertz CT molecular complexity index is 749. The van der Waals surface area contributed by atoms with Crippen molar-refractivity contribution in [3.05, 3.63) is 58.6 Å². The van der Waals surface area contributed by atoms with Crippen molar-refractivity contribution in [2.75, 3.05) is 0 Å². The van der Waals surface area contributed by atoms with Crippen LogP contribution in [-0.2, 0) is 6.54 Å². The highest BCUT2D eigenvalue weighted by Gasteiger charge is 2.12. The Morgan fingerprint density at radius 3 is 2.81 bits per heavy atom. The molecule has 21 heavy (non-hydrogen) atoms. The summed E-state index contributed by atoms with van der Waals surface area (Å²) in [7, 11) is 0. The summed E-state index contributed by atoms with van der Waals surface area (Å²) in [6.45, 7) is 2.23. The van der Waals surface area contributed by atoms with Gasteiger partial charge in [-0.15, -0.1) is 11.3 Å². The maximum atomic E-state index is 12.1. The van der Waals surface area contributed by atoms with Crippen LogP contribution in [0.3, 0.4) is 0 Å². The number of rotatable bonds is 4. The molecule has 0 aromatic carbocycles. The summed E-state index contributed by atoms with van der Waals surface area (Å²) in [4.78, 5) is 20.4. The highest BCUT2D eigenvalue weighted by Crippen LogP contribution is 2.21. The highest BCUT2D eigenvalue weighted by atomic mass is 32.1. The largest absolute Gasteiger partial charge is 0.465 e. The zero-order chi connectivity index (χ0) is 14.7. The minimum atomic E-state index is -0.200. The number of carbonyl (C=O) groups is 1. The monoisotopic (exact) mass is 299 g/mol. The van der Waals surface area contributed by atoms with Crippen molar-refractivity contribution in [2.24, 2.45) is 0 Å². The summed E-state index contributed by atoms with van der Waals surface area (Å²) in [5.74, 6) is 1.36. The van der Waals surface area contributed by atoms with Gasteiger partial charge in [-0.25, -0.2) is 4.98 Å². The number of thiazole rings is 1. The molecule has 3 heterocycles. The van der Waals surface area contributed by atoms with Crippen molar-refractivity contribution in [3.8, 4) is 11.3 Å². The molecule has 0 aliphatic rings. The quantitative estimate of drug-likeness (QED) is 0.804. The number of aromatic nitrogens is 2. The van der Waals surface area contributed by atoms with Gasteiger partial charge in [0.25, 0.3) is 5.91 Å². The number of hydrogen-bond donors (Lipinski definition) is 1. The van der Waals surface area contributed by atoms with Crippen LogP contribution in [-0.4, -0.2) is 15.9 Å². The van der Waals surface area contributed by atoms with E-state index in [1.54, 1.807) is 12.4 Å². The standard InChI is InChI=1S/C15H13N3O2S/c1-10-2-3-12(20-10)8-17-14(19)15-18-13(9-21-15)11-4-6-16-7-5-11/h2-7,9H,8H2,1H3,(H,17,19). The minimum absolute atomic E-state index is 0.200. The molecular weight excluding hydrogens is 286 g/mol. The van der Waals surface area contributed by atoms with Crippen LogP contribution in [0.4, 0.5) is 0 Å². The Hall–Kier alpha value is -2.47. The molecule has 0 fully saturated rings. The average molecular weight is 299 g/mol. The number of carbonyl (C=O) groups excluding carboxylic acids is 1. The van der Waals surface area contributed by atoms with E-state index in [0.29, 0.717) is 11.6 Å². The molecule has 3 rings (SSSR count). The first-order valence-electron chi connectivity index (χ1n) is 6.42. The number of nitrogens with one attached hydrogen (secondary N) is 1. The lowest BCUT2D eigenvalue weighted by atomic mass is 10.2. The van der Waals surface area contributed by atoms with Crippen LogP contribution in [0.25, 0.3) is 11.3 Å². The molecule has 1 amide bonds. The first kappa shape index (κ1) is 13.5. The molecule has 3 aromatic rings. The molecular formula is C15H13N3O2S. The fraction of sp³-hybridized carbons (Fsp3) is 0.133. The summed E-state index contributed by atoms with van der Waals surface area (Å²) < 4.78 is 5.41. The van der Waals surface area contributed by atoms with Crippen LogP contribution in [0.5, 0.6) is 0 Å². The lowest BCUT2D eigenvalue weighted by Crippen LogP contribution is -2.22. The Kier molecular flexibility index (Phi) is 3.79. The van der Waals surface area contributed by atoms with Crippen LogP contribution in [0.2, 0.25) is 0 Å². The highest BCUT2D eigenvalue weighted by molar-refractivity contribution is 7.12. The Morgan fingerprint density at radius 1 is 1.29 bits per heavy atom. The van der Waals surface area contributed by atoms with E-state index in [4.69, 9.17) is 4.42 Å². The predicted molar refractivity (Wildman–Crippen MR) is 80.0 cm³/mol. The van der Waals surface area contributed by atoms with Crippen molar-refractivity contribution >= 4 is 17.2 Å². The van der Waals surface area contributed by atoms with E-state index in [0.717, 1.165) is 22.8 Å². The van der Waals surface area contributed by atoms with Crippen LogP contribution in [0.1, 0.15) is 21.3 Å². The number of aryl methyl sites for hydroxylation is 1. The van der Waals surface area contributed by atoms with Gasteiger partial charge in [0.1, 0.15) is 11.5 Å². The molecule has 0 atom stereocenters. The Morgan fingerprint density at radius 2 is 2.10 bits per heavy atom. The molecule has 0 saturated carbocycles. The molecule has 106 valence electrons. The summed E-state index contributed by atoms with van der Waals surface area (Å²) in [6.07, 6.45) is 3.40. The van der Waals surface area contributed by atoms with Gasteiger partial charge in [0.15, 0.2) is 5.01 Å². The summed E-state index contributed by atoms with van der Waals surface area (Å²) in [6, 6.07) is 7.44. The van der Waals surface area contributed by atoms with Crippen LogP contribution in [0.15, 0.2) is 46.5 Å². The van der Waals surface area contributed by atoms with Crippen molar-refractivity contribution in [1.82, 2.24) is 15.3 Å². The van der Waals surface area contributed by atoms with Crippen molar-refractivity contribution in [1.29, 1.82) is 0 Å². The fourth-order valence-corrected chi connectivity index (χ4v) is 2.60. The number of furan rings is 1. The molecule has 0 radical (unpaired) electrons. The molecule has 0 aliphatic carbocycles. The second-order valence-corrected chi connectivity index (χ2v) is 5.33. The molecule has 0 bridgehead atoms. The molecule has 0 spiro atoms. The van der Waals surface area contributed by atoms with Crippen molar-refractivity contribution < 1.29 is 9.21 Å². The van der Waals surface area contributed by atoms with E-state index < -0.39 is 0 Å². The smallest absolute Gasteiger partial charge is 0.280 e. The third-order valence-electron chi connectivity index (χ3n) is 2.89. The summed E-state index contributed by atoms with van der Waals surface area (Å²) in [5.41, 5.74) is 1.73. The van der Waals surface area contributed by atoms with Gasteiger partial charge in [0, 0.05) is 23.3 Å². The molecule has 5 nitrogen and oxygen atoms in total. The van der Waals surface area contributed by atoms with E-state index in [9.17, 15) is 4.79 Å². The van der Waals surface area contributed by atoms with Gasteiger partial charge in [0.2, 0.25) is 0 Å². The molecule has 0 aliphatic heterocycles. The third kappa shape index (κ3) is 3.17. The number of pyridine rings is 1. The number of hydrogen-bond acceptors (Lipinski definition) is 5. The van der Waals surface area contributed by atoms with Crippen LogP contribution in [0, 0.1) is 6.92 Å². The van der Waals surface area contributed by atoms with Gasteiger partial charge >= 0.3 is 0 Å². The zero-order valence-electron chi connectivity index (χ0n) is 11.4. The summed E-state index contributed by atoms with van der Waals surface area (Å²) in [5, 5.41) is 5.09. The maximum absolute atomic E-state index is 12.1. The molecule has 6 heteroatoms. The number of nitrogens with zero attached hydrogens (tertiary/aromatic N) is 2. The SMILES string of the molecule is Cc1ccc(CNC(=O)c2nc(-c3ccncc3)cs2)o1. The first-order valence-corrected chi connectivity index (χ1v) is 7.30. The van der Waals surface area contributed by atoms with Crippen LogP contribution < -0.4 is 5.32 Å². The van der Waals surface area contributed by atoms with Gasteiger partial charge in [-0.05, 0) is 31.2 Å². The number of amides is 1. The fourth-order valence-electron chi connectivity index (χ4n) is 1.86. The molecule has 3 aromatic heterocycles. The summed E-state index contributed by atoms with van der Waals surface area (Å²) >= 11 is 1.32. The van der Waals surface area contributed by atoms with Crippen LogP contribution >= 0.6 is 11.3 Å². The van der Waals surface area contributed by atoms with Gasteiger partial charge in [-0.3, -0.25) is 9.78 Å². The second-order valence-electron chi connectivity index (χ2n) is 4.47. The lowest BCUT2D eigenvalue weighted by Gasteiger charge is -2.00. The van der Waals surface area contributed by atoms with Gasteiger partial charge in [-0.2, -0.15) is 0 Å². The average Bonchev–Trinajstić information content (AvgIpc) is 3.15. The first-order chi connectivity index (χ1) is 10.2. The lowest BCUT2D eigenvalue weighted by molar-refractivity contribution is 0.0947. The van der Waals surface area contributed by atoms with E-state index in [1.807, 2.05) is 36.6 Å². The predicted octanol–water partition coefficient (Wildman–Crippen LogP) is 3.04. The van der Waals surface area contributed by atoms with E-state index in [-0.39, 0.29) is 5.91 Å². The van der Waals surface area contributed by atoms with Gasteiger partial charge in [-0.1, -0.05) is 0 Å². The van der Waals surface area contributed by atoms with Crippen molar-refractivity contribution in [2.45, 2.75) is 13.5 Å². The second kappa shape index (κ2) is 5.88. The maximum Gasteiger partial charge on any atom is 0.280 e. The minimum Gasteiger partial charge on any atom is -0.465 e. The van der Waals surface area contributed by atoms with Crippen molar-refractivity contribution in [3.63, 3.8) is 0 Å². The Labute approximate surface area is 125 Å². The molecule has 1 N–H and O–H groups in total. The third-order valence-corrected chi connectivity index (χ3v) is 3.73. The zero-order valence-corrected chi connectivity index (χ0v) is 12.2. The van der Waals surface area contributed by atoms with Gasteiger partial charge in [0.05, 0.1) is 12.2 Å².